The van der Waals surface area contributed by atoms with E-state index in [0.717, 1.165) is 37.3 Å². The maximum absolute atomic E-state index is 8.66. The van der Waals surface area contributed by atoms with Gasteiger partial charge in [0.25, 0.3) is 0 Å². The van der Waals surface area contributed by atoms with Gasteiger partial charge in [-0.25, -0.2) is 4.98 Å². The summed E-state index contributed by atoms with van der Waals surface area (Å²) in [5.74, 6) is 1.03. The van der Waals surface area contributed by atoms with Crippen LogP contribution in [0.2, 0.25) is 0 Å². The summed E-state index contributed by atoms with van der Waals surface area (Å²) in [6.07, 6.45) is 3.08. The monoisotopic (exact) mass is 208 g/mol. The van der Waals surface area contributed by atoms with E-state index in [0.29, 0.717) is 6.61 Å². The Morgan fingerprint density at radius 1 is 1.27 bits per heavy atom. The molecule has 0 aromatic carbocycles. The highest BCUT2D eigenvalue weighted by atomic mass is 16.2. The zero-order chi connectivity index (χ0) is 11.1. The number of aliphatic hydroxyl groups excluding tert-OH is 1. The molecule has 84 valence electrons. The molecule has 1 heterocycles. The zero-order valence-electron chi connectivity index (χ0n) is 9.61. The molecular weight excluding hydrogens is 188 g/mol. The number of pyridine rings is 1. The third-order valence-corrected chi connectivity index (χ3v) is 2.42. The normalized spacial score (nSPS) is 10.3. The van der Waals surface area contributed by atoms with Crippen molar-refractivity contribution in [3.63, 3.8) is 0 Å². The number of aliphatic hydroxyl groups is 1. The SMILES string of the molecule is Cc1cccc(N(C)CCCCCO)n1. The Bertz CT molecular complexity index is 289. The smallest absolute Gasteiger partial charge is 0.128 e. The summed E-state index contributed by atoms with van der Waals surface area (Å²) in [6.45, 7) is 3.30. The summed E-state index contributed by atoms with van der Waals surface area (Å²) in [4.78, 5) is 6.61. The van der Waals surface area contributed by atoms with Crippen molar-refractivity contribution in [2.75, 3.05) is 25.1 Å². The van der Waals surface area contributed by atoms with Gasteiger partial charge in [-0.05, 0) is 38.3 Å². The van der Waals surface area contributed by atoms with Gasteiger partial charge in [0.15, 0.2) is 0 Å². The Morgan fingerprint density at radius 2 is 2.07 bits per heavy atom. The van der Waals surface area contributed by atoms with Crippen LogP contribution in [0.5, 0.6) is 0 Å². The fourth-order valence-corrected chi connectivity index (χ4v) is 1.49. The second-order valence-electron chi connectivity index (χ2n) is 3.84. The first-order valence-corrected chi connectivity index (χ1v) is 5.49. The summed E-state index contributed by atoms with van der Waals surface area (Å²) in [5, 5.41) is 8.66. The molecule has 0 radical (unpaired) electrons. The highest BCUT2D eigenvalue weighted by molar-refractivity contribution is 5.37. The van der Waals surface area contributed by atoms with E-state index in [4.69, 9.17) is 5.11 Å². The van der Waals surface area contributed by atoms with Gasteiger partial charge in [0.05, 0.1) is 0 Å². The Hall–Kier alpha value is -1.09. The molecule has 0 spiro atoms. The van der Waals surface area contributed by atoms with Gasteiger partial charge < -0.3 is 10.0 Å². The largest absolute Gasteiger partial charge is 0.396 e. The molecule has 0 aliphatic carbocycles. The fourth-order valence-electron chi connectivity index (χ4n) is 1.49. The molecule has 3 nitrogen and oxygen atoms in total. The zero-order valence-corrected chi connectivity index (χ0v) is 9.61. The lowest BCUT2D eigenvalue weighted by Crippen LogP contribution is -2.19. The van der Waals surface area contributed by atoms with Crippen LogP contribution in [0, 0.1) is 6.92 Å². The van der Waals surface area contributed by atoms with Gasteiger partial charge in [0.1, 0.15) is 5.82 Å². The number of unbranched alkanes of at least 4 members (excludes halogenated alkanes) is 2. The first-order chi connectivity index (χ1) is 7.24. The van der Waals surface area contributed by atoms with E-state index in [1.807, 2.05) is 25.1 Å². The van der Waals surface area contributed by atoms with Crippen LogP contribution in [-0.2, 0) is 0 Å². The van der Waals surface area contributed by atoms with Crippen LogP contribution in [0.4, 0.5) is 5.82 Å². The van der Waals surface area contributed by atoms with Crippen LogP contribution >= 0.6 is 0 Å². The molecule has 15 heavy (non-hydrogen) atoms. The highest BCUT2D eigenvalue weighted by Gasteiger charge is 2.01. The van der Waals surface area contributed by atoms with Gasteiger partial charge in [-0.15, -0.1) is 0 Å². The predicted molar refractivity (Wildman–Crippen MR) is 63.2 cm³/mol. The number of anilines is 1. The lowest BCUT2D eigenvalue weighted by molar-refractivity contribution is 0.283. The van der Waals surface area contributed by atoms with Crippen molar-refractivity contribution in [1.82, 2.24) is 4.98 Å². The molecule has 1 aromatic rings. The fraction of sp³-hybridized carbons (Fsp3) is 0.583. The Morgan fingerprint density at radius 3 is 2.73 bits per heavy atom. The predicted octanol–water partition coefficient (Wildman–Crippen LogP) is 1.99. The van der Waals surface area contributed by atoms with E-state index in [2.05, 4.69) is 16.9 Å². The van der Waals surface area contributed by atoms with Crippen LogP contribution in [0.1, 0.15) is 25.0 Å². The second kappa shape index (κ2) is 6.40. The quantitative estimate of drug-likeness (QED) is 0.726. The molecule has 1 rings (SSSR count). The summed E-state index contributed by atoms with van der Waals surface area (Å²) in [5.41, 5.74) is 1.05. The standard InChI is InChI=1S/C12H20N2O/c1-11-7-6-8-12(13-11)14(2)9-4-3-5-10-15/h6-8,15H,3-5,9-10H2,1-2H3. The highest BCUT2D eigenvalue weighted by Crippen LogP contribution is 2.10. The summed E-state index contributed by atoms with van der Waals surface area (Å²) in [7, 11) is 2.06. The minimum atomic E-state index is 0.298. The van der Waals surface area contributed by atoms with Gasteiger partial charge in [0, 0.05) is 25.9 Å². The molecule has 0 saturated heterocycles. The van der Waals surface area contributed by atoms with E-state index < -0.39 is 0 Å². The van der Waals surface area contributed by atoms with Gasteiger partial charge in [-0.2, -0.15) is 0 Å². The molecule has 3 heteroatoms. The molecule has 0 saturated carbocycles. The number of aryl methyl sites for hydroxylation is 1. The number of hydrogen-bond acceptors (Lipinski definition) is 3. The molecule has 0 fully saturated rings. The van der Waals surface area contributed by atoms with E-state index >= 15 is 0 Å². The summed E-state index contributed by atoms with van der Waals surface area (Å²) >= 11 is 0. The van der Waals surface area contributed by atoms with Crippen molar-refractivity contribution < 1.29 is 5.11 Å². The van der Waals surface area contributed by atoms with E-state index in [9.17, 15) is 0 Å². The lowest BCUT2D eigenvalue weighted by Gasteiger charge is -2.18. The number of nitrogens with zero attached hydrogens (tertiary/aromatic N) is 2. The Labute approximate surface area is 91.8 Å². The van der Waals surface area contributed by atoms with Crippen molar-refractivity contribution in [3.8, 4) is 0 Å². The second-order valence-corrected chi connectivity index (χ2v) is 3.84. The third kappa shape index (κ3) is 4.30. The molecule has 1 N–H and O–H groups in total. The third-order valence-electron chi connectivity index (χ3n) is 2.42. The van der Waals surface area contributed by atoms with Crippen LogP contribution in [0.15, 0.2) is 18.2 Å². The van der Waals surface area contributed by atoms with Crippen molar-refractivity contribution in [1.29, 1.82) is 0 Å². The van der Waals surface area contributed by atoms with Crippen LogP contribution < -0.4 is 4.90 Å². The molecule has 0 amide bonds. The number of aromatic nitrogens is 1. The van der Waals surface area contributed by atoms with Gasteiger partial charge in [-0.1, -0.05) is 6.07 Å². The van der Waals surface area contributed by atoms with Gasteiger partial charge in [0.2, 0.25) is 0 Å². The van der Waals surface area contributed by atoms with Gasteiger partial charge >= 0.3 is 0 Å². The Kier molecular flexibility index (Phi) is 5.12. The average Bonchev–Trinajstić information content (AvgIpc) is 2.24. The first-order valence-electron chi connectivity index (χ1n) is 5.49. The van der Waals surface area contributed by atoms with Crippen LogP contribution in [0.3, 0.4) is 0 Å². The van der Waals surface area contributed by atoms with Crippen molar-refractivity contribution in [2.24, 2.45) is 0 Å². The maximum atomic E-state index is 8.66. The lowest BCUT2D eigenvalue weighted by atomic mass is 10.2. The van der Waals surface area contributed by atoms with Crippen LogP contribution in [0.25, 0.3) is 0 Å². The molecule has 0 atom stereocenters. The summed E-state index contributed by atoms with van der Waals surface area (Å²) in [6, 6.07) is 6.06. The molecule has 0 aliphatic rings. The van der Waals surface area contributed by atoms with E-state index in [1.54, 1.807) is 0 Å². The molecule has 0 unspecified atom stereocenters. The van der Waals surface area contributed by atoms with Crippen molar-refractivity contribution in [3.05, 3.63) is 23.9 Å². The first kappa shape index (κ1) is 12.0. The topological polar surface area (TPSA) is 36.4 Å². The van der Waals surface area contributed by atoms with Crippen molar-refractivity contribution >= 4 is 5.82 Å². The molecule has 0 bridgehead atoms. The van der Waals surface area contributed by atoms with Crippen molar-refractivity contribution in [2.45, 2.75) is 26.2 Å². The van der Waals surface area contributed by atoms with E-state index in [-0.39, 0.29) is 0 Å². The minimum absolute atomic E-state index is 0.298. The minimum Gasteiger partial charge on any atom is -0.396 e. The summed E-state index contributed by atoms with van der Waals surface area (Å²) < 4.78 is 0. The van der Waals surface area contributed by atoms with Gasteiger partial charge in [-0.3, -0.25) is 0 Å². The van der Waals surface area contributed by atoms with Crippen LogP contribution in [-0.4, -0.2) is 30.3 Å². The van der Waals surface area contributed by atoms with E-state index in [1.165, 1.54) is 0 Å². The number of hydrogen-bond donors (Lipinski definition) is 1. The molecule has 0 aliphatic heterocycles. The Balaban J connectivity index is 2.36. The molecular formula is C12H20N2O. The average molecular weight is 208 g/mol. The molecule has 1 aromatic heterocycles. The number of rotatable bonds is 6. The maximum Gasteiger partial charge on any atom is 0.128 e.